The Morgan fingerprint density at radius 2 is 2.04 bits per heavy atom. The van der Waals surface area contributed by atoms with Crippen molar-refractivity contribution in [1.29, 1.82) is 0 Å². The quantitative estimate of drug-likeness (QED) is 0.322. The first kappa shape index (κ1) is 19.3. The van der Waals surface area contributed by atoms with E-state index in [1.54, 1.807) is 25.4 Å². The fourth-order valence-electron chi connectivity index (χ4n) is 2.09. The van der Waals surface area contributed by atoms with Crippen molar-refractivity contribution in [3.63, 3.8) is 0 Å². The zero-order chi connectivity index (χ0) is 15.6. The first-order valence-electron chi connectivity index (χ1n) is 7.37. The summed E-state index contributed by atoms with van der Waals surface area (Å²) in [5.41, 5.74) is 1.98. The summed E-state index contributed by atoms with van der Waals surface area (Å²) >= 11 is 0. The number of halogens is 2. The summed E-state index contributed by atoms with van der Waals surface area (Å²) in [6.07, 6.45) is 3.52. The maximum Gasteiger partial charge on any atom is 0.191 e. The van der Waals surface area contributed by atoms with Gasteiger partial charge in [-0.3, -0.25) is 9.98 Å². The molecule has 0 fully saturated rings. The minimum absolute atomic E-state index is 0. The zero-order valence-corrected chi connectivity index (χ0v) is 15.5. The van der Waals surface area contributed by atoms with E-state index in [2.05, 4.69) is 20.6 Å². The Morgan fingerprint density at radius 1 is 1.17 bits per heavy atom. The van der Waals surface area contributed by atoms with E-state index in [4.69, 9.17) is 0 Å². The van der Waals surface area contributed by atoms with E-state index in [-0.39, 0.29) is 29.8 Å². The number of hydrogen-bond acceptors (Lipinski definition) is 2. The highest BCUT2D eigenvalue weighted by Crippen LogP contribution is 2.05. The molecule has 2 rings (SSSR count). The van der Waals surface area contributed by atoms with Crippen LogP contribution in [0.15, 0.2) is 53.7 Å². The van der Waals surface area contributed by atoms with Gasteiger partial charge in [0.25, 0.3) is 0 Å². The second-order valence-electron chi connectivity index (χ2n) is 4.91. The minimum atomic E-state index is -0.182. The van der Waals surface area contributed by atoms with Crippen molar-refractivity contribution >= 4 is 29.9 Å². The number of pyridine rings is 1. The molecule has 124 valence electrons. The number of aromatic nitrogens is 1. The topological polar surface area (TPSA) is 49.3 Å². The summed E-state index contributed by atoms with van der Waals surface area (Å²) in [7, 11) is 1.74. The Bertz CT molecular complexity index is 605. The maximum atomic E-state index is 13.1. The van der Waals surface area contributed by atoms with Crippen LogP contribution in [0.3, 0.4) is 0 Å². The molecule has 0 aliphatic rings. The van der Waals surface area contributed by atoms with Gasteiger partial charge in [-0.25, -0.2) is 4.39 Å². The van der Waals surface area contributed by atoms with Gasteiger partial charge >= 0.3 is 0 Å². The number of aliphatic imine (C=N–C) groups is 1. The van der Waals surface area contributed by atoms with E-state index in [9.17, 15) is 4.39 Å². The molecule has 0 aliphatic heterocycles. The normalized spacial score (nSPS) is 10.8. The Kier molecular flexibility index (Phi) is 9.20. The lowest BCUT2D eigenvalue weighted by atomic mass is 10.1. The number of hydrogen-bond donors (Lipinski definition) is 2. The smallest absolute Gasteiger partial charge is 0.191 e. The van der Waals surface area contributed by atoms with Crippen molar-refractivity contribution < 1.29 is 4.39 Å². The van der Waals surface area contributed by atoms with Crippen LogP contribution in [0.2, 0.25) is 0 Å². The summed E-state index contributed by atoms with van der Waals surface area (Å²) < 4.78 is 13.1. The molecule has 2 aromatic rings. The molecule has 0 aliphatic carbocycles. The van der Waals surface area contributed by atoms with Crippen molar-refractivity contribution in [3.8, 4) is 0 Å². The van der Waals surface area contributed by atoms with Gasteiger partial charge in [0, 0.05) is 19.8 Å². The molecule has 0 radical (unpaired) electrons. The molecular formula is C17H22FIN4. The van der Waals surface area contributed by atoms with Crippen LogP contribution in [0.5, 0.6) is 0 Å². The summed E-state index contributed by atoms with van der Waals surface area (Å²) in [6, 6.07) is 12.5. The van der Waals surface area contributed by atoms with Crippen molar-refractivity contribution in [1.82, 2.24) is 15.6 Å². The summed E-state index contributed by atoms with van der Waals surface area (Å²) in [4.78, 5) is 8.42. The van der Waals surface area contributed by atoms with Gasteiger partial charge in [0.2, 0.25) is 0 Å². The maximum absolute atomic E-state index is 13.1. The van der Waals surface area contributed by atoms with Gasteiger partial charge in [-0.2, -0.15) is 0 Å². The van der Waals surface area contributed by atoms with E-state index >= 15 is 0 Å². The zero-order valence-electron chi connectivity index (χ0n) is 13.1. The summed E-state index contributed by atoms with van der Waals surface area (Å²) in [5, 5.41) is 6.45. The first-order valence-corrected chi connectivity index (χ1v) is 7.37. The van der Waals surface area contributed by atoms with Gasteiger partial charge in [-0.1, -0.05) is 18.2 Å². The van der Waals surface area contributed by atoms with Crippen molar-refractivity contribution in [2.45, 2.75) is 19.4 Å². The van der Waals surface area contributed by atoms with E-state index in [1.165, 1.54) is 6.07 Å². The average molecular weight is 428 g/mol. The highest BCUT2D eigenvalue weighted by atomic mass is 127. The van der Waals surface area contributed by atoms with Crippen molar-refractivity contribution in [3.05, 3.63) is 65.7 Å². The second kappa shape index (κ2) is 10.9. The van der Waals surface area contributed by atoms with Crippen LogP contribution in [0, 0.1) is 5.82 Å². The highest BCUT2D eigenvalue weighted by molar-refractivity contribution is 14.0. The van der Waals surface area contributed by atoms with Gasteiger partial charge in [0.1, 0.15) is 5.82 Å². The molecule has 0 saturated heterocycles. The Labute approximate surface area is 153 Å². The van der Waals surface area contributed by atoms with Crippen LogP contribution >= 0.6 is 24.0 Å². The van der Waals surface area contributed by atoms with Crippen LogP contribution in [0.1, 0.15) is 17.7 Å². The Hall–Kier alpha value is -1.70. The van der Waals surface area contributed by atoms with Gasteiger partial charge in [-0.15, -0.1) is 24.0 Å². The number of benzene rings is 1. The number of nitrogens with zero attached hydrogens (tertiary/aromatic N) is 2. The monoisotopic (exact) mass is 428 g/mol. The lowest BCUT2D eigenvalue weighted by Gasteiger charge is -2.11. The van der Waals surface area contributed by atoms with Crippen LogP contribution in [-0.4, -0.2) is 24.5 Å². The SMILES string of the molecule is CN=C(NCCCc1cccc(F)c1)NCc1ccccn1.I. The molecule has 4 nitrogen and oxygen atoms in total. The summed E-state index contributed by atoms with van der Waals surface area (Å²) in [6.45, 7) is 1.41. The molecule has 23 heavy (non-hydrogen) atoms. The standard InChI is InChI=1S/C17H21FN4.HI/c1-19-17(22-13-16-9-2-3-10-20-16)21-11-5-7-14-6-4-8-15(18)12-14;/h2-4,6,8-10,12H,5,7,11,13H2,1H3,(H2,19,21,22);1H. The third kappa shape index (κ3) is 7.40. The van der Waals surface area contributed by atoms with Gasteiger partial charge in [0.15, 0.2) is 5.96 Å². The molecule has 1 aromatic carbocycles. The van der Waals surface area contributed by atoms with Crippen molar-refractivity contribution in [2.75, 3.05) is 13.6 Å². The molecule has 1 aromatic heterocycles. The molecule has 0 amide bonds. The predicted molar refractivity (Wildman–Crippen MR) is 103 cm³/mol. The van der Waals surface area contributed by atoms with E-state index in [1.807, 2.05) is 24.3 Å². The molecule has 2 N–H and O–H groups in total. The van der Waals surface area contributed by atoms with Crippen LogP contribution in [0.4, 0.5) is 4.39 Å². The first-order chi connectivity index (χ1) is 10.8. The summed E-state index contributed by atoms with van der Waals surface area (Å²) in [5.74, 6) is 0.559. The van der Waals surface area contributed by atoms with E-state index < -0.39 is 0 Å². The molecule has 0 unspecified atom stereocenters. The number of nitrogens with one attached hydrogen (secondary N) is 2. The molecule has 0 atom stereocenters. The van der Waals surface area contributed by atoms with Gasteiger partial charge < -0.3 is 10.6 Å². The predicted octanol–water partition coefficient (Wildman–Crippen LogP) is 3.14. The number of aryl methyl sites for hydroxylation is 1. The molecule has 6 heteroatoms. The minimum Gasteiger partial charge on any atom is -0.356 e. The molecular weight excluding hydrogens is 406 g/mol. The fourth-order valence-corrected chi connectivity index (χ4v) is 2.09. The van der Waals surface area contributed by atoms with Crippen LogP contribution < -0.4 is 10.6 Å². The second-order valence-corrected chi connectivity index (χ2v) is 4.91. The fraction of sp³-hybridized carbons (Fsp3) is 0.294. The van der Waals surface area contributed by atoms with Gasteiger partial charge in [0.05, 0.1) is 12.2 Å². The van der Waals surface area contributed by atoms with E-state index in [0.717, 1.165) is 36.6 Å². The van der Waals surface area contributed by atoms with Crippen molar-refractivity contribution in [2.24, 2.45) is 4.99 Å². The highest BCUT2D eigenvalue weighted by Gasteiger charge is 1.99. The van der Waals surface area contributed by atoms with Crippen LogP contribution in [0.25, 0.3) is 0 Å². The Balaban J connectivity index is 0.00000264. The molecule has 0 saturated carbocycles. The molecule has 0 spiro atoms. The lowest BCUT2D eigenvalue weighted by Crippen LogP contribution is -2.37. The third-order valence-corrected chi connectivity index (χ3v) is 3.21. The average Bonchev–Trinajstić information content (AvgIpc) is 2.55. The van der Waals surface area contributed by atoms with Crippen LogP contribution in [-0.2, 0) is 13.0 Å². The largest absolute Gasteiger partial charge is 0.356 e. The van der Waals surface area contributed by atoms with Gasteiger partial charge in [-0.05, 0) is 42.7 Å². The number of guanidine groups is 1. The number of rotatable bonds is 6. The third-order valence-electron chi connectivity index (χ3n) is 3.21. The lowest BCUT2D eigenvalue weighted by molar-refractivity contribution is 0.624. The Morgan fingerprint density at radius 3 is 2.74 bits per heavy atom. The molecule has 0 bridgehead atoms. The molecule has 1 heterocycles. The van der Waals surface area contributed by atoms with E-state index in [0.29, 0.717) is 6.54 Å².